The molecule has 0 unspecified atom stereocenters. The molecule has 4 heteroatoms. The number of aromatic amines is 1. The summed E-state index contributed by atoms with van der Waals surface area (Å²) in [5.41, 5.74) is 3.68. The van der Waals surface area contributed by atoms with Crippen LogP contribution in [-0.4, -0.2) is 11.5 Å². The minimum atomic E-state index is 0.759. The van der Waals surface area contributed by atoms with Gasteiger partial charge in [-0.3, -0.25) is 0 Å². The van der Waals surface area contributed by atoms with E-state index in [9.17, 15) is 0 Å². The van der Waals surface area contributed by atoms with Crippen molar-refractivity contribution in [1.82, 2.24) is 10.3 Å². The Bertz CT molecular complexity index is 701. The van der Waals surface area contributed by atoms with E-state index < -0.39 is 0 Å². The second-order valence-corrected chi connectivity index (χ2v) is 5.36. The number of aromatic nitrogens is 1. The Kier molecular flexibility index (Phi) is 3.81. The van der Waals surface area contributed by atoms with Crippen molar-refractivity contribution in [3.05, 3.63) is 58.6 Å². The number of fused-ring (bicyclic) bond motifs is 1. The summed E-state index contributed by atoms with van der Waals surface area (Å²) in [7, 11) is 0. The molecular weight excluding hydrogens is 272 g/mol. The van der Waals surface area contributed by atoms with Crippen LogP contribution in [0.25, 0.3) is 10.9 Å². The van der Waals surface area contributed by atoms with Gasteiger partial charge in [0.25, 0.3) is 0 Å². The van der Waals surface area contributed by atoms with E-state index in [2.05, 4.69) is 17.2 Å². The summed E-state index contributed by atoms with van der Waals surface area (Å²) in [5.74, 6) is 0.962. The Balaban J connectivity index is 1.67. The first-order valence-corrected chi connectivity index (χ1v) is 7.11. The van der Waals surface area contributed by atoms with Crippen molar-refractivity contribution in [3.8, 4) is 0 Å². The number of benzene rings is 1. The van der Waals surface area contributed by atoms with Gasteiger partial charge in [0.15, 0.2) is 0 Å². The monoisotopic (exact) mass is 288 g/mol. The highest BCUT2D eigenvalue weighted by Crippen LogP contribution is 2.25. The molecule has 3 nitrogen and oxygen atoms in total. The smallest absolute Gasteiger partial charge is 0.117 e. The number of furan rings is 1. The van der Waals surface area contributed by atoms with Crippen molar-refractivity contribution >= 4 is 22.5 Å². The van der Waals surface area contributed by atoms with E-state index in [0.29, 0.717) is 0 Å². The summed E-state index contributed by atoms with van der Waals surface area (Å²) in [6.07, 6.45) is 2.66. The minimum Gasteiger partial charge on any atom is -0.468 e. The lowest BCUT2D eigenvalue weighted by Crippen LogP contribution is -2.16. The zero-order valence-corrected chi connectivity index (χ0v) is 12.1. The first kappa shape index (κ1) is 13.3. The quantitative estimate of drug-likeness (QED) is 0.695. The van der Waals surface area contributed by atoms with Crippen LogP contribution in [-0.2, 0) is 13.0 Å². The van der Waals surface area contributed by atoms with E-state index in [1.54, 1.807) is 6.26 Å². The largest absolute Gasteiger partial charge is 0.468 e. The number of hydrogen-bond acceptors (Lipinski definition) is 2. The van der Waals surface area contributed by atoms with Crippen LogP contribution >= 0.6 is 11.6 Å². The summed E-state index contributed by atoms with van der Waals surface area (Å²) in [5, 5.41) is 5.39. The SMILES string of the molecule is Cc1[nH]c2ccc(Cl)cc2c1CCNCc1ccco1. The molecular formula is C16H17ClN2O. The Morgan fingerprint density at radius 2 is 2.20 bits per heavy atom. The molecule has 2 heterocycles. The molecule has 3 aromatic rings. The van der Waals surface area contributed by atoms with Gasteiger partial charge in [0.05, 0.1) is 12.8 Å². The Hall–Kier alpha value is -1.71. The number of nitrogens with one attached hydrogen (secondary N) is 2. The third-order valence-corrected chi connectivity index (χ3v) is 3.75. The van der Waals surface area contributed by atoms with Gasteiger partial charge in [-0.15, -0.1) is 0 Å². The van der Waals surface area contributed by atoms with Crippen LogP contribution in [0, 0.1) is 6.92 Å². The molecule has 104 valence electrons. The molecule has 0 bridgehead atoms. The molecule has 0 fully saturated rings. The predicted molar refractivity (Wildman–Crippen MR) is 82.2 cm³/mol. The summed E-state index contributed by atoms with van der Waals surface area (Å²) < 4.78 is 5.29. The van der Waals surface area contributed by atoms with Crippen molar-refractivity contribution in [2.45, 2.75) is 19.9 Å². The summed E-state index contributed by atoms with van der Waals surface area (Å²) in [4.78, 5) is 3.40. The Morgan fingerprint density at radius 3 is 3.00 bits per heavy atom. The van der Waals surface area contributed by atoms with E-state index in [-0.39, 0.29) is 0 Å². The van der Waals surface area contributed by atoms with Crippen LogP contribution in [0.1, 0.15) is 17.0 Å². The molecule has 0 aliphatic heterocycles. The van der Waals surface area contributed by atoms with E-state index >= 15 is 0 Å². The van der Waals surface area contributed by atoms with Crippen molar-refractivity contribution < 1.29 is 4.42 Å². The number of aryl methyl sites for hydroxylation is 1. The first-order chi connectivity index (χ1) is 9.74. The van der Waals surface area contributed by atoms with Gasteiger partial charge in [0.2, 0.25) is 0 Å². The van der Waals surface area contributed by atoms with Gasteiger partial charge in [-0.25, -0.2) is 0 Å². The normalized spacial score (nSPS) is 11.3. The number of hydrogen-bond donors (Lipinski definition) is 2. The molecule has 0 saturated carbocycles. The highest BCUT2D eigenvalue weighted by atomic mass is 35.5. The average Bonchev–Trinajstić information content (AvgIpc) is 3.03. The first-order valence-electron chi connectivity index (χ1n) is 6.74. The van der Waals surface area contributed by atoms with Gasteiger partial charge in [-0.1, -0.05) is 11.6 Å². The van der Waals surface area contributed by atoms with E-state index in [4.69, 9.17) is 16.0 Å². The molecule has 1 aromatic carbocycles. The van der Waals surface area contributed by atoms with Gasteiger partial charge in [-0.2, -0.15) is 0 Å². The molecule has 0 saturated heterocycles. The van der Waals surface area contributed by atoms with Crippen LogP contribution in [0.4, 0.5) is 0 Å². The van der Waals surface area contributed by atoms with Crippen LogP contribution in [0.15, 0.2) is 41.0 Å². The third-order valence-electron chi connectivity index (χ3n) is 3.51. The standard InChI is InChI=1S/C16H17ClN2O/c1-11-14(6-7-18-10-13-3-2-8-20-13)15-9-12(17)4-5-16(15)19-11/h2-5,8-9,18-19H,6-7,10H2,1H3. The molecule has 2 aromatic heterocycles. The molecule has 0 aliphatic carbocycles. The molecule has 0 aliphatic rings. The third kappa shape index (κ3) is 2.74. The van der Waals surface area contributed by atoms with Gasteiger partial charge < -0.3 is 14.7 Å². The summed E-state index contributed by atoms with van der Waals surface area (Å²) in [6.45, 7) is 3.77. The van der Waals surface area contributed by atoms with Crippen molar-refractivity contribution in [3.63, 3.8) is 0 Å². The number of rotatable bonds is 5. The van der Waals surface area contributed by atoms with Crippen LogP contribution in [0.2, 0.25) is 5.02 Å². The van der Waals surface area contributed by atoms with E-state index in [1.807, 2.05) is 30.3 Å². The minimum absolute atomic E-state index is 0.759. The van der Waals surface area contributed by atoms with Gasteiger partial charge in [-0.05, 0) is 55.8 Å². The number of halogens is 1. The lowest BCUT2D eigenvalue weighted by Gasteiger charge is -2.04. The van der Waals surface area contributed by atoms with Gasteiger partial charge in [0.1, 0.15) is 5.76 Å². The van der Waals surface area contributed by atoms with Gasteiger partial charge in [0, 0.05) is 21.6 Å². The zero-order chi connectivity index (χ0) is 13.9. The molecule has 2 N–H and O–H groups in total. The maximum atomic E-state index is 6.09. The lowest BCUT2D eigenvalue weighted by molar-refractivity contribution is 0.484. The summed E-state index contributed by atoms with van der Waals surface area (Å²) >= 11 is 6.09. The predicted octanol–water partition coefficient (Wildman–Crippen LogP) is 4.06. The van der Waals surface area contributed by atoms with Crippen molar-refractivity contribution in [2.24, 2.45) is 0 Å². The fourth-order valence-electron chi connectivity index (χ4n) is 2.51. The lowest BCUT2D eigenvalue weighted by atomic mass is 10.1. The molecule has 0 radical (unpaired) electrons. The Morgan fingerprint density at radius 1 is 1.30 bits per heavy atom. The fourth-order valence-corrected chi connectivity index (χ4v) is 2.69. The van der Waals surface area contributed by atoms with Crippen molar-refractivity contribution in [2.75, 3.05) is 6.54 Å². The Labute approximate surface area is 122 Å². The zero-order valence-electron chi connectivity index (χ0n) is 11.4. The molecule has 0 spiro atoms. The topological polar surface area (TPSA) is 41.0 Å². The second-order valence-electron chi connectivity index (χ2n) is 4.92. The van der Waals surface area contributed by atoms with Crippen LogP contribution < -0.4 is 5.32 Å². The maximum Gasteiger partial charge on any atom is 0.117 e. The average molecular weight is 289 g/mol. The maximum absolute atomic E-state index is 6.09. The molecule has 3 rings (SSSR count). The fraction of sp³-hybridized carbons (Fsp3) is 0.250. The summed E-state index contributed by atoms with van der Waals surface area (Å²) in [6, 6.07) is 9.86. The van der Waals surface area contributed by atoms with Crippen LogP contribution in [0.5, 0.6) is 0 Å². The van der Waals surface area contributed by atoms with Crippen molar-refractivity contribution in [1.29, 1.82) is 0 Å². The highest BCUT2D eigenvalue weighted by Gasteiger charge is 2.08. The van der Waals surface area contributed by atoms with Gasteiger partial charge >= 0.3 is 0 Å². The van der Waals surface area contributed by atoms with E-state index in [0.717, 1.165) is 35.8 Å². The highest BCUT2D eigenvalue weighted by molar-refractivity contribution is 6.31. The van der Waals surface area contributed by atoms with E-state index in [1.165, 1.54) is 16.6 Å². The molecule has 0 amide bonds. The van der Waals surface area contributed by atoms with Crippen LogP contribution in [0.3, 0.4) is 0 Å². The molecule has 20 heavy (non-hydrogen) atoms. The second kappa shape index (κ2) is 5.73. The number of H-pyrrole nitrogens is 1. The molecule has 0 atom stereocenters.